The summed E-state index contributed by atoms with van der Waals surface area (Å²) >= 11 is 6.64. The van der Waals surface area contributed by atoms with Crippen molar-refractivity contribution in [2.24, 2.45) is 0 Å². The van der Waals surface area contributed by atoms with E-state index in [1.807, 2.05) is 43.3 Å². The minimum atomic E-state index is -0.794. The van der Waals surface area contributed by atoms with E-state index in [4.69, 9.17) is 17.2 Å². The van der Waals surface area contributed by atoms with Gasteiger partial charge >= 0.3 is 0 Å². The van der Waals surface area contributed by atoms with Crippen molar-refractivity contribution in [3.8, 4) is 0 Å². The molecule has 3 aromatic rings. The average Bonchev–Trinajstić information content (AvgIpc) is 3.13. The molecule has 0 radical (unpaired) electrons. The number of benzene rings is 1. The van der Waals surface area contributed by atoms with Crippen LogP contribution in [0.5, 0.6) is 0 Å². The van der Waals surface area contributed by atoms with Crippen molar-refractivity contribution in [2.75, 3.05) is 18.4 Å². The SMILES string of the molecule is CCCCCN1C(=O)/C(=C/c2c(NC[C@@H](O)c3ccccc3)nc3c(C)cccn3c2=O)SC1=S. The molecule has 9 heteroatoms. The molecule has 1 amide bonds. The number of nitrogens with one attached hydrogen (secondary N) is 1. The predicted octanol–water partition coefficient (Wildman–Crippen LogP) is 4.54. The number of carbonyl (C=O) groups is 1. The maximum atomic E-state index is 13.5. The molecular formula is C26H28N4O3S2. The van der Waals surface area contributed by atoms with Gasteiger partial charge in [0.15, 0.2) is 0 Å². The summed E-state index contributed by atoms with van der Waals surface area (Å²) in [5.41, 5.74) is 2.06. The number of thiocarbonyl (C=S) groups is 1. The number of unbranched alkanes of at least 4 members (excludes halogenated alkanes) is 2. The number of nitrogens with zero attached hydrogens (tertiary/aromatic N) is 3. The van der Waals surface area contributed by atoms with Crippen LogP contribution in [0.25, 0.3) is 11.7 Å². The topological polar surface area (TPSA) is 86.9 Å². The van der Waals surface area contributed by atoms with Gasteiger partial charge in [-0.25, -0.2) is 4.98 Å². The highest BCUT2D eigenvalue weighted by atomic mass is 32.2. The van der Waals surface area contributed by atoms with Crippen molar-refractivity contribution in [3.05, 3.63) is 80.6 Å². The summed E-state index contributed by atoms with van der Waals surface area (Å²) in [7, 11) is 0. The number of carbonyl (C=O) groups excluding carboxylic acids is 1. The minimum absolute atomic E-state index is 0.150. The van der Waals surface area contributed by atoms with Gasteiger partial charge in [-0.15, -0.1) is 0 Å². The highest BCUT2D eigenvalue weighted by Gasteiger charge is 2.32. The molecule has 4 rings (SSSR count). The molecule has 0 bridgehead atoms. The normalized spacial score (nSPS) is 15.9. The van der Waals surface area contributed by atoms with Crippen LogP contribution in [0.15, 0.2) is 58.4 Å². The summed E-state index contributed by atoms with van der Waals surface area (Å²) in [4.78, 5) is 33.2. The fourth-order valence-corrected chi connectivity index (χ4v) is 5.20. The van der Waals surface area contributed by atoms with Crippen molar-refractivity contribution in [2.45, 2.75) is 39.2 Å². The van der Waals surface area contributed by atoms with Gasteiger partial charge in [-0.05, 0) is 36.6 Å². The Kier molecular flexibility index (Phi) is 8.00. The van der Waals surface area contributed by atoms with Crippen LogP contribution in [0.1, 0.15) is 49.0 Å². The van der Waals surface area contributed by atoms with Gasteiger partial charge in [0, 0.05) is 19.3 Å². The van der Waals surface area contributed by atoms with E-state index >= 15 is 0 Å². The van der Waals surface area contributed by atoms with E-state index in [1.54, 1.807) is 23.2 Å². The van der Waals surface area contributed by atoms with Gasteiger partial charge in [0.1, 0.15) is 15.8 Å². The number of anilines is 1. The molecule has 1 aliphatic heterocycles. The second-order valence-corrected chi connectivity index (χ2v) is 10.1. The van der Waals surface area contributed by atoms with Gasteiger partial charge in [0.2, 0.25) is 0 Å². The van der Waals surface area contributed by atoms with E-state index < -0.39 is 6.10 Å². The summed E-state index contributed by atoms with van der Waals surface area (Å²) in [6.45, 7) is 4.70. The summed E-state index contributed by atoms with van der Waals surface area (Å²) in [5.74, 6) is 0.121. The van der Waals surface area contributed by atoms with E-state index in [0.29, 0.717) is 27.2 Å². The average molecular weight is 509 g/mol. The van der Waals surface area contributed by atoms with Crippen molar-refractivity contribution < 1.29 is 9.90 Å². The Bertz CT molecular complexity index is 1340. The van der Waals surface area contributed by atoms with Crippen LogP contribution < -0.4 is 10.9 Å². The lowest BCUT2D eigenvalue weighted by Crippen LogP contribution is -2.29. The third kappa shape index (κ3) is 5.47. The second kappa shape index (κ2) is 11.2. The Labute approximate surface area is 213 Å². The quantitative estimate of drug-likeness (QED) is 0.249. The standard InChI is InChI=1S/C26H28N4O3S2/c1-3-4-8-13-30-25(33)21(35-26(30)34)15-19-22(27-16-20(31)18-11-6-5-7-12-18)28-23-17(2)10-9-14-29(23)24(19)32/h5-7,9-12,14-15,20,27,31H,3-4,8,13,16H2,1-2H3/b21-15-/t20-/m1/s1. The third-order valence-corrected chi connectivity index (χ3v) is 7.24. The van der Waals surface area contributed by atoms with Crippen LogP contribution in [0.4, 0.5) is 5.82 Å². The Hall–Kier alpha value is -3.01. The molecule has 1 fully saturated rings. The van der Waals surface area contributed by atoms with Gasteiger partial charge in [-0.1, -0.05) is 80.1 Å². The zero-order chi connectivity index (χ0) is 24.9. The lowest BCUT2D eigenvalue weighted by atomic mass is 10.1. The molecule has 1 aromatic carbocycles. The van der Waals surface area contributed by atoms with Crippen LogP contribution in [-0.4, -0.2) is 42.7 Å². The van der Waals surface area contributed by atoms with Gasteiger partial charge in [0.25, 0.3) is 11.5 Å². The Morgan fingerprint density at radius 3 is 2.69 bits per heavy atom. The van der Waals surface area contributed by atoms with Crippen LogP contribution in [0.3, 0.4) is 0 Å². The number of hydrogen-bond acceptors (Lipinski definition) is 7. The monoisotopic (exact) mass is 508 g/mol. The van der Waals surface area contributed by atoms with Crippen LogP contribution in [0, 0.1) is 6.92 Å². The zero-order valence-electron chi connectivity index (χ0n) is 19.7. The van der Waals surface area contributed by atoms with Gasteiger partial charge in [-0.2, -0.15) is 0 Å². The number of fused-ring (bicyclic) bond motifs is 1. The smallest absolute Gasteiger partial charge is 0.267 e. The molecule has 3 heterocycles. The van der Waals surface area contributed by atoms with Crippen molar-refractivity contribution in [1.29, 1.82) is 0 Å². The molecule has 2 aromatic heterocycles. The van der Waals surface area contributed by atoms with E-state index in [1.165, 1.54) is 16.2 Å². The Morgan fingerprint density at radius 2 is 1.94 bits per heavy atom. The summed E-state index contributed by atoms with van der Waals surface area (Å²) in [6.07, 6.45) is 5.38. The van der Waals surface area contributed by atoms with Crippen molar-refractivity contribution in [3.63, 3.8) is 0 Å². The fraction of sp³-hybridized carbons (Fsp3) is 0.308. The van der Waals surface area contributed by atoms with E-state index in [9.17, 15) is 14.7 Å². The molecular weight excluding hydrogens is 480 g/mol. The minimum Gasteiger partial charge on any atom is -0.387 e. The summed E-state index contributed by atoms with van der Waals surface area (Å²) in [6, 6.07) is 12.9. The number of pyridine rings is 1. The Morgan fingerprint density at radius 1 is 1.17 bits per heavy atom. The zero-order valence-corrected chi connectivity index (χ0v) is 21.4. The van der Waals surface area contributed by atoms with Crippen molar-refractivity contribution in [1.82, 2.24) is 14.3 Å². The molecule has 182 valence electrons. The number of hydrogen-bond donors (Lipinski definition) is 2. The number of aryl methyl sites for hydroxylation is 1. The van der Waals surface area contributed by atoms with E-state index in [-0.39, 0.29) is 23.6 Å². The first-order valence-electron chi connectivity index (χ1n) is 11.6. The number of aliphatic hydroxyl groups is 1. The number of thioether (sulfide) groups is 1. The lowest BCUT2D eigenvalue weighted by molar-refractivity contribution is -0.122. The molecule has 0 spiro atoms. The molecule has 35 heavy (non-hydrogen) atoms. The first kappa shape index (κ1) is 25.1. The maximum absolute atomic E-state index is 13.5. The largest absolute Gasteiger partial charge is 0.387 e. The number of amides is 1. The number of aliphatic hydroxyl groups excluding tert-OH is 1. The highest BCUT2D eigenvalue weighted by Crippen LogP contribution is 2.33. The first-order chi connectivity index (χ1) is 16.9. The summed E-state index contributed by atoms with van der Waals surface area (Å²) < 4.78 is 1.97. The molecule has 0 saturated carbocycles. The van der Waals surface area contributed by atoms with Gasteiger partial charge in [0.05, 0.1) is 16.6 Å². The van der Waals surface area contributed by atoms with Gasteiger partial charge in [-0.3, -0.25) is 18.9 Å². The maximum Gasteiger partial charge on any atom is 0.267 e. The molecule has 1 saturated heterocycles. The second-order valence-electron chi connectivity index (χ2n) is 8.41. The summed E-state index contributed by atoms with van der Waals surface area (Å²) in [5, 5.41) is 13.8. The van der Waals surface area contributed by atoms with E-state index in [2.05, 4.69) is 12.2 Å². The van der Waals surface area contributed by atoms with Gasteiger partial charge < -0.3 is 10.4 Å². The molecule has 1 atom stereocenters. The van der Waals surface area contributed by atoms with Crippen LogP contribution in [0.2, 0.25) is 0 Å². The third-order valence-electron chi connectivity index (χ3n) is 5.87. The molecule has 7 nitrogen and oxygen atoms in total. The van der Waals surface area contributed by atoms with Crippen LogP contribution in [-0.2, 0) is 4.79 Å². The molecule has 2 N–H and O–H groups in total. The van der Waals surface area contributed by atoms with Crippen molar-refractivity contribution >= 4 is 51.7 Å². The number of aromatic nitrogens is 2. The first-order valence-corrected chi connectivity index (χ1v) is 12.9. The predicted molar refractivity (Wildman–Crippen MR) is 145 cm³/mol. The molecule has 0 unspecified atom stereocenters. The Balaban J connectivity index is 1.71. The van der Waals surface area contributed by atoms with Crippen LogP contribution >= 0.6 is 24.0 Å². The highest BCUT2D eigenvalue weighted by molar-refractivity contribution is 8.26. The number of rotatable bonds is 9. The molecule has 0 aliphatic carbocycles. The molecule has 1 aliphatic rings. The van der Waals surface area contributed by atoms with E-state index in [0.717, 1.165) is 30.4 Å². The fourth-order valence-electron chi connectivity index (χ4n) is 3.91. The lowest BCUT2D eigenvalue weighted by Gasteiger charge is -2.16.